The van der Waals surface area contributed by atoms with Gasteiger partial charge in [0, 0.05) is 12.8 Å². The number of fused-ring (bicyclic) bond motifs is 1. The van der Waals surface area contributed by atoms with Crippen LogP contribution >= 0.6 is 7.75 Å². The molecule has 1 aromatic carbocycles. The quantitative estimate of drug-likeness (QED) is 0.123. The van der Waals surface area contributed by atoms with Crippen molar-refractivity contribution >= 4 is 37.0 Å². The van der Waals surface area contributed by atoms with Gasteiger partial charge in [0.2, 0.25) is 6.10 Å². The van der Waals surface area contributed by atoms with Crippen LogP contribution in [0, 0.1) is 11.3 Å². The average molecular weight is 723 g/mol. The highest BCUT2D eigenvalue weighted by Gasteiger charge is 2.58. The van der Waals surface area contributed by atoms with E-state index in [4.69, 9.17) is 33.7 Å². The molecular weight excluding hydrogens is 683 g/mol. The number of nitrogens with one attached hydrogen (secondary N) is 1. The third kappa shape index (κ3) is 7.56. The Morgan fingerprint density at radius 3 is 2.45 bits per heavy atom. The topological polar surface area (TPSA) is 216 Å². The zero-order chi connectivity index (χ0) is 36.3. The van der Waals surface area contributed by atoms with Crippen molar-refractivity contribution in [1.29, 1.82) is 5.26 Å². The highest BCUT2D eigenvalue weighted by atomic mass is 31.2. The molecule has 17 heteroatoms. The third-order valence-electron chi connectivity index (χ3n) is 8.81. The van der Waals surface area contributed by atoms with E-state index < -0.39 is 50.0 Å². The lowest BCUT2D eigenvalue weighted by Crippen LogP contribution is -2.42. The smallest absolute Gasteiger partial charge is 0.459 e. The Kier molecular flexibility index (Phi) is 10.3. The van der Waals surface area contributed by atoms with E-state index >= 15 is 0 Å². The first-order valence-electron chi connectivity index (χ1n) is 16.8. The summed E-state index contributed by atoms with van der Waals surface area (Å²) >= 11 is 0. The number of benzene rings is 1. The van der Waals surface area contributed by atoms with Gasteiger partial charge in [0.25, 0.3) is 5.60 Å². The van der Waals surface area contributed by atoms with Crippen LogP contribution in [0.25, 0.3) is 5.52 Å². The van der Waals surface area contributed by atoms with Gasteiger partial charge in [0.1, 0.15) is 48.1 Å². The minimum absolute atomic E-state index is 0.0590. The molecule has 3 N–H and O–H groups in total. The number of carbonyl (C=O) groups excluding carboxylic acids is 3. The Labute approximate surface area is 293 Å². The van der Waals surface area contributed by atoms with Gasteiger partial charge in [-0.3, -0.25) is 18.9 Å². The molecule has 3 aliphatic rings. The molecule has 0 amide bonds. The normalized spacial score (nSPS) is 21.9. The molecular formula is C34H39N6O10P. The molecule has 4 atom stereocenters. The van der Waals surface area contributed by atoms with Crippen molar-refractivity contribution in [2.75, 3.05) is 12.3 Å². The van der Waals surface area contributed by atoms with Crippen molar-refractivity contribution in [2.45, 2.75) is 95.5 Å². The van der Waals surface area contributed by atoms with Gasteiger partial charge < -0.3 is 29.2 Å². The van der Waals surface area contributed by atoms with Gasteiger partial charge in [-0.25, -0.2) is 14.1 Å². The van der Waals surface area contributed by atoms with E-state index in [1.54, 1.807) is 32.0 Å². The molecule has 0 radical (unpaired) electrons. The molecule has 1 unspecified atom stereocenters. The van der Waals surface area contributed by atoms with E-state index in [2.05, 4.69) is 21.2 Å². The van der Waals surface area contributed by atoms with Gasteiger partial charge >= 0.3 is 25.7 Å². The number of nitrogens with zero attached hydrogens (tertiary/aromatic N) is 4. The van der Waals surface area contributed by atoms with Crippen molar-refractivity contribution in [1.82, 2.24) is 19.7 Å². The molecule has 16 nitrogen and oxygen atoms in total. The largest absolute Gasteiger partial charge is 0.461 e. The molecule has 1 aliphatic heterocycles. The lowest BCUT2D eigenvalue weighted by molar-refractivity contribution is -0.159. The minimum Gasteiger partial charge on any atom is -0.461 e. The number of aromatic nitrogens is 3. The van der Waals surface area contributed by atoms with Crippen molar-refractivity contribution in [2.24, 2.45) is 0 Å². The van der Waals surface area contributed by atoms with Crippen LogP contribution in [0.4, 0.5) is 5.82 Å². The van der Waals surface area contributed by atoms with Gasteiger partial charge in [-0.2, -0.15) is 15.4 Å². The van der Waals surface area contributed by atoms with E-state index in [0.717, 1.165) is 37.7 Å². The molecule has 2 aliphatic carbocycles. The highest BCUT2D eigenvalue weighted by Crippen LogP contribution is 2.50. The number of carbonyl (C=O) groups is 3. The van der Waals surface area contributed by atoms with E-state index in [0.29, 0.717) is 11.4 Å². The molecule has 2 aromatic heterocycles. The SMILES string of the molecule is CCC(=O)OC1=C(COP(=O)(N[C@@H](C)C(=O)OC2CCC2)Oc2ccc(C3CC3)cc2)O[C@@](C#N)(c2ccc3c(N)ncnn23)[C@@H]1OC(=O)CC. The Morgan fingerprint density at radius 2 is 1.82 bits per heavy atom. The monoisotopic (exact) mass is 722 g/mol. The fourth-order valence-electron chi connectivity index (χ4n) is 5.58. The number of rotatable bonds is 15. The molecule has 270 valence electrons. The van der Waals surface area contributed by atoms with Crippen molar-refractivity contribution < 1.29 is 46.9 Å². The number of hydrogen-bond acceptors (Lipinski definition) is 14. The van der Waals surface area contributed by atoms with Crippen LogP contribution in [0.5, 0.6) is 5.75 Å². The second kappa shape index (κ2) is 14.7. The first-order chi connectivity index (χ1) is 24.5. The van der Waals surface area contributed by atoms with Crippen LogP contribution in [0.3, 0.4) is 0 Å². The molecule has 3 aromatic rings. The first kappa shape index (κ1) is 35.8. The minimum atomic E-state index is -4.48. The second-order valence-electron chi connectivity index (χ2n) is 12.5. The Morgan fingerprint density at radius 1 is 1.10 bits per heavy atom. The second-order valence-corrected chi connectivity index (χ2v) is 14.2. The van der Waals surface area contributed by atoms with Gasteiger partial charge in [0.15, 0.2) is 17.3 Å². The summed E-state index contributed by atoms with van der Waals surface area (Å²) in [6.07, 6.45) is 3.69. The van der Waals surface area contributed by atoms with Crippen LogP contribution in [0.15, 0.2) is 54.2 Å². The number of hydrogen-bond donors (Lipinski definition) is 2. The predicted molar refractivity (Wildman–Crippen MR) is 178 cm³/mol. The summed E-state index contributed by atoms with van der Waals surface area (Å²) in [5.74, 6) is -2.05. The van der Waals surface area contributed by atoms with Crippen molar-refractivity contribution in [3.8, 4) is 11.8 Å². The maximum absolute atomic E-state index is 14.5. The number of anilines is 1. The lowest BCUT2D eigenvalue weighted by atomic mass is 9.94. The zero-order valence-corrected chi connectivity index (χ0v) is 29.3. The summed E-state index contributed by atoms with van der Waals surface area (Å²) in [5, 5.41) is 17.6. The van der Waals surface area contributed by atoms with Gasteiger partial charge in [-0.1, -0.05) is 26.0 Å². The molecule has 6 rings (SSSR count). The summed E-state index contributed by atoms with van der Waals surface area (Å²) in [7, 11) is -4.48. The van der Waals surface area contributed by atoms with Gasteiger partial charge in [0.05, 0.1) is 0 Å². The maximum Gasteiger partial charge on any atom is 0.459 e. The fraction of sp³-hybridized carbons (Fsp3) is 0.471. The summed E-state index contributed by atoms with van der Waals surface area (Å²) in [4.78, 5) is 42.4. The molecule has 51 heavy (non-hydrogen) atoms. The van der Waals surface area contributed by atoms with E-state index in [1.165, 1.54) is 23.8 Å². The zero-order valence-electron chi connectivity index (χ0n) is 28.4. The predicted octanol–water partition coefficient (Wildman–Crippen LogP) is 4.70. The van der Waals surface area contributed by atoms with Crippen LogP contribution in [-0.2, 0) is 48.0 Å². The summed E-state index contributed by atoms with van der Waals surface area (Å²) in [5.41, 5.74) is 5.34. The Hall–Kier alpha value is -4.97. The van der Waals surface area contributed by atoms with Crippen molar-refractivity contribution in [3.05, 3.63) is 65.5 Å². The van der Waals surface area contributed by atoms with Crippen LogP contribution in [-0.4, -0.2) is 57.4 Å². The van der Waals surface area contributed by atoms with Crippen LogP contribution < -0.4 is 15.3 Å². The number of nitriles is 1. The molecule has 3 heterocycles. The highest BCUT2D eigenvalue weighted by molar-refractivity contribution is 7.52. The standard InChI is InChI=1S/C34H39N6O10P/c1-4-28(41)47-30-26(49-34(18-35,31(30)48-29(42)5-2)27-16-15-25-32(36)37-19-38-40(25)27)17-45-51(44,39-20(3)33(43)46-23-7-6-8-23)50-24-13-11-22(12-14-24)21-9-10-21/h11-16,19-21,23,31H,4-10,17H2,1-3H3,(H,39,44)(H2,36,37,38)/t20-,31+,34-,51?/m0/s1. The van der Waals surface area contributed by atoms with Crippen LogP contribution in [0.1, 0.15) is 82.9 Å². The first-order valence-corrected chi connectivity index (χ1v) is 18.4. The Bertz CT molecular complexity index is 1930. The number of esters is 3. The summed E-state index contributed by atoms with van der Waals surface area (Å²) < 4.78 is 50.7. The lowest BCUT2D eigenvalue weighted by Gasteiger charge is -2.28. The molecule has 2 saturated carbocycles. The average Bonchev–Trinajstić information content (AvgIpc) is 3.79. The van der Waals surface area contributed by atoms with E-state index in [1.807, 2.05) is 12.1 Å². The van der Waals surface area contributed by atoms with Crippen LogP contribution in [0.2, 0.25) is 0 Å². The third-order valence-corrected chi connectivity index (χ3v) is 10.4. The molecule has 0 saturated heterocycles. The summed E-state index contributed by atoms with van der Waals surface area (Å²) in [6.45, 7) is 3.82. The molecule has 0 spiro atoms. The maximum atomic E-state index is 14.5. The number of nitrogen functional groups attached to an aromatic ring is 1. The number of nitrogens with two attached hydrogens (primary N) is 1. The Balaban J connectivity index is 1.35. The van der Waals surface area contributed by atoms with E-state index in [-0.39, 0.29) is 47.7 Å². The fourth-order valence-corrected chi connectivity index (χ4v) is 7.03. The van der Waals surface area contributed by atoms with E-state index in [9.17, 15) is 24.2 Å². The van der Waals surface area contributed by atoms with Gasteiger partial charge in [-0.05, 0) is 74.8 Å². The molecule has 0 bridgehead atoms. The molecule has 2 fully saturated rings. The summed E-state index contributed by atoms with van der Waals surface area (Å²) in [6, 6.07) is 11.0. The van der Waals surface area contributed by atoms with Gasteiger partial charge in [-0.15, -0.1) is 0 Å². The van der Waals surface area contributed by atoms with Crippen molar-refractivity contribution in [3.63, 3.8) is 0 Å². The number of ether oxygens (including phenoxy) is 4.